The van der Waals surface area contributed by atoms with Gasteiger partial charge in [0, 0.05) is 25.1 Å². The summed E-state index contributed by atoms with van der Waals surface area (Å²) < 4.78 is 23.2. The van der Waals surface area contributed by atoms with Crippen LogP contribution in [-0.2, 0) is 14.3 Å². The zero-order valence-electron chi connectivity index (χ0n) is 11.9. The number of carbonyl (C=O) groups excluding carboxylic acids is 2. The molecule has 0 bridgehead atoms. The van der Waals surface area contributed by atoms with E-state index in [1.807, 2.05) is 0 Å². The molecule has 0 radical (unpaired) electrons. The van der Waals surface area contributed by atoms with Crippen LogP contribution in [0.4, 0.5) is 15.8 Å². The first kappa shape index (κ1) is 15.7. The Hall–Kier alpha value is -2.71. The van der Waals surface area contributed by atoms with Gasteiger partial charge in [0.25, 0.3) is 0 Å². The molecule has 0 spiro atoms. The molecule has 1 fully saturated rings. The molecule has 1 aromatic carbocycles. The Morgan fingerprint density at radius 2 is 2.14 bits per heavy atom. The molecule has 118 valence electrons. The molecule has 1 unspecified atom stereocenters. The summed E-state index contributed by atoms with van der Waals surface area (Å²) in [6.45, 7) is -0.00927. The second kappa shape index (κ2) is 5.96. The summed E-state index contributed by atoms with van der Waals surface area (Å²) >= 11 is 0. The van der Waals surface area contributed by atoms with Crippen LogP contribution in [-0.4, -0.2) is 37.6 Å². The summed E-state index contributed by atoms with van der Waals surface area (Å²) in [5.74, 6) is -2.74. The van der Waals surface area contributed by atoms with E-state index in [2.05, 4.69) is 4.74 Å². The molecule has 1 aliphatic heterocycles. The van der Waals surface area contributed by atoms with Crippen molar-refractivity contribution in [3.63, 3.8) is 0 Å². The summed E-state index contributed by atoms with van der Waals surface area (Å²) in [6.07, 6.45) is -0.0823. The molecule has 0 saturated carbocycles. The number of benzene rings is 1. The number of hydrogen-bond acceptors (Lipinski definition) is 6. The lowest BCUT2D eigenvalue weighted by Crippen LogP contribution is -2.26. The van der Waals surface area contributed by atoms with Gasteiger partial charge in [-0.25, -0.2) is 0 Å². The van der Waals surface area contributed by atoms with Crippen molar-refractivity contribution in [2.75, 3.05) is 25.7 Å². The third kappa shape index (κ3) is 2.69. The normalized spacial score (nSPS) is 17.5. The minimum Gasteiger partial charge on any atom is -0.494 e. The number of esters is 1. The van der Waals surface area contributed by atoms with E-state index >= 15 is 0 Å². The van der Waals surface area contributed by atoms with E-state index in [9.17, 15) is 24.1 Å². The zero-order valence-corrected chi connectivity index (χ0v) is 11.9. The number of methoxy groups -OCH3 is 2. The number of ether oxygens (including phenoxy) is 2. The fourth-order valence-corrected chi connectivity index (χ4v) is 2.31. The molecule has 1 aliphatic rings. The van der Waals surface area contributed by atoms with Crippen LogP contribution in [0.25, 0.3) is 0 Å². The van der Waals surface area contributed by atoms with E-state index < -0.39 is 34.2 Å². The molecule has 1 aromatic rings. The van der Waals surface area contributed by atoms with Crippen molar-refractivity contribution in [2.45, 2.75) is 6.42 Å². The number of anilines is 1. The first-order valence-electron chi connectivity index (χ1n) is 6.29. The Morgan fingerprint density at radius 1 is 1.45 bits per heavy atom. The van der Waals surface area contributed by atoms with Crippen molar-refractivity contribution >= 4 is 23.3 Å². The predicted molar refractivity (Wildman–Crippen MR) is 72.1 cm³/mol. The van der Waals surface area contributed by atoms with Gasteiger partial charge in [0.15, 0.2) is 0 Å². The molecule has 1 amide bonds. The van der Waals surface area contributed by atoms with Gasteiger partial charge < -0.3 is 14.4 Å². The predicted octanol–water partition coefficient (Wildman–Crippen LogP) is 1.27. The van der Waals surface area contributed by atoms with Gasteiger partial charge in [-0.15, -0.1) is 0 Å². The highest BCUT2D eigenvalue weighted by atomic mass is 19.1. The maximum atomic E-state index is 13.6. The first-order chi connectivity index (χ1) is 10.4. The lowest BCUT2D eigenvalue weighted by Gasteiger charge is -2.19. The molecule has 2 rings (SSSR count). The van der Waals surface area contributed by atoms with E-state index in [0.717, 1.165) is 17.0 Å². The molecule has 1 saturated heterocycles. The Labute approximate surface area is 124 Å². The molecule has 9 heteroatoms. The van der Waals surface area contributed by atoms with Crippen LogP contribution in [0.15, 0.2) is 12.1 Å². The van der Waals surface area contributed by atoms with E-state index in [4.69, 9.17) is 4.74 Å². The molecule has 0 N–H and O–H groups in total. The topological polar surface area (TPSA) is 99.0 Å². The van der Waals surface area contributed by atoms with E-state index in [1.165, 1.54) is 14.2 Å². The molecule has 0 aliphatic carbocycles. The maximum absolute atomic E-state index is 13.6. The van der Waals surface area contributed by atoms with Crippen LogP contribution in [0.2, 0.25) is 0 Å². The fraction of sp³-hybridized carbons (Fsp3) is 0.385. The van der Waals surface area contributed by atoms with Gasteiger partial charge in [0.05, 0.1) is 30.7 Å². The summed E-state index contributed by atoms with van der Waals surface area (Å²) in [4.78, 5) is 34.7. The van der Waals surface area contributed by atoms with Crippen LogP contribution in [0.3, 0.4) is 0 Å². The van der Waals surface area contributed by atoms with Gasteiger partial charge >= 0.3 is 11.7 Å². The number of nitro benzene ring substituents is 1. The fourth-order valence-electron chi connectivity index (χ4n) is 2.31. The molecule has 1 heterocycles. The largest absolute Gasteiger partial charge is 0.494 e. The number of halogens is 1. The van der Waals surface area contributed by atoms with Crippen molar-refractivity contribution in [1.29, 1.82) is 0 Å². The van der Waals surface area contributed by atoms with E-state index in [-0.39, 0.29) is 24.4 Å². The summed E-state index contributed by atoms with van der Waals surface area (Å²) in [7, 11) is 2.46. The number of nitro groups is 1. The van der Waals surface area contributed by atoms with Gasteiger partial charge in [-0.2, -0.15) is 4.39 Å². The smallest absolute Gasteiger partial charge is 0.311 e. The number of carbonyl (C=O) groups is 2. The Morgan fingerprint density at radius 3 is 2.68 bits per heavy atom. The molecule has 22 heavy (non-hydrogen) atoms. The van der Waals surface area contributed by atoms with Crippen LogP contribution in [0.5, 0.6) is 5.75 Å². The second-order valence-corrected chi connectivity index (χ2v) is 4.66. The van der Waals surface area contributed by atoms with Crippen LogP contribution in [0, 0.1) is 21.8 Å². The van der Waals surface area contributed by atoms with Gasteiger partial charge in [-0.3, -0.25) is 19.7 Å². The summed E-state index contributed by atoms with van der Waals surface area (Å²) in [5.41, 5.74) is -0.725. The number of amides is 1. The van der Waals surface area contributed by atoms with Crippen molar-refractivity contribution in [2.24, 2.45) is 5.92 Å². The Bertz CT molecular complexity index is 648. The third-order valence-electron chi connectivity index (χ3n) is 3.40. The van der Waals surface area contributed by atoms with Crippen molar-refractivity contribution in [3.8, 4) is 5.75 Å². The zero-order chi connectivity index (χ0) is 16.4. The molecular formula is C13H13FN2O6. The van der Waals surface area contributed by atoms with E-state index in [1.54, 1.807) is 0 Å². The molecular weight excluding hydrogens is 299 g/mol. The van der Waals surface area contributed by atoms with Crippen LogP contribution < -0.4 is 9.64 Å². The minimum atomic E-state index is -1.07. The van der Waals surface area contributed by atoms with Crippen molar-refractivity contribution in [1.82, 2.24) is 0 Å². The van der Waals surface area contributed by atoms with E-state index in [0.29, 0.717) is 0 Å². The average Bonchev–Trinajstić information content (AvgIpc) is 2.87. The number of nitrogens with zero attached hydrogens (tertiary/aromatic N) is 2. The Kier molecular flexibility index (Phi) is 4.25. The highest BCUT2D eigenvalue weighted by Crippen LogP contribution is 2.37. The lowest BCUT2D eigenvalue weighted by molar-refractivity contribution is -0.387. The molecule has 1 atom stereocenters. The monoisotopic (exact) mass is 312 g/mol. The van der Waals surface area contributed by atoms with Crippen molar-refractivity contribution < 1.29 is 28.4 Å². The van der Waals surface area contributed by atoms with Crippen molar-refractivity contribution in [3.05, 3.63) is 28.1 Å². The van der Waals surface area contributed by atoms with Crippen LogP contribution in [0.1, 0.15) is 6.42 Å². The maximum Gasteiger partial charge on any atom is 0.311 e. The SMILES string of the molecule is COC(=O)C1CC(=O)N(c2cc([N+](=O)[O-])c(F)cc2OC)C1. The number of hydrogen-bond donors (Lipinski definition) is 0. The van der Waals surface area contributed by atoms with Gasteiger partial charge in [-0.05, 0) is 0 Å². The first-order valence-corrected chi connectivity index (χ1v) is 6.29. The van der Waals surface area contributed by atoms with Gasteiger partial charge in [0.2, 0.25) is 11.7 Å². The average molecular weight is 312 g/mol. The number of rotatable bonds is 4. The highest BCUT2D eigenvalue weighted by molar-refractivity contribution is 6.00. The van der Waals surface area contributed by atoms with Gasteiger partial charge in [-0.1, -0.05) is 0 Å². The second-order valence-electron chi connectivity index (χ2n) is 4.66. The molecule has 8 nitrogen and oxygen atoms in total. The highest BCUT2D eigenvalue weighted by Gasteiger charge is 2.38. The van der Waals surface area contributed by atoms with Gasteiger partial charge in [0.1, 0.15) is 5.75 Å². The third-order valence-corrected chi connectivity index (χ3v) is 3.40. The Balaban J connectivity index is 2.43. The summed E-state index contributed by atoms with van der Waals surface area (Å²) in [5, 5.41) is 10.8. The van der Waals surface area contributed by atoms with Crippen LogP contribution >= 0.6 is 0 Å². The molecule has 0 aromatic heterocycles. The standard InChI is InChI=1S/C13H13FN2O6/c1-21-11-4-8(14)9(16(19)20)5-10(11)15-6-7(3-12(15)17)13(18)22-2/h4-5,7H,3,6H2,1-2H3. The lowest BCUT2D eigenvalue weighted by atomic mass is 10.1. The quantitative estimate of drug-likeness (QED) is 0.471. The minimum absolute atomic E-state index is 0.00927. The summed E-state index contributed by atoms with van der Waals surface area (Å²) in [6, 6.07) is 1.76.